The zero-order valence-corrected chi connectivity index (χ0v) is 10.9. The standard InChI is InChI=1S/C16H18N/c1-11-5-12(2)8-15(7-11)17-16-9-13(3)6-14(4)10-16/h5-10H,1-4H3. The fourth-order valence-electron chi connectivity index (χ4n) is 2.18. The van der Waals surface area contributed by atoms with Crippen LogP contribution in [0.4, 0.5) is 11.4 Å². The molecule has 1 heteroatoms. The Hall–Kier alpha value is -1.76. The minimum absolute atomic E-state index is 1.03. The summed E-state index contributed by atoms with van der Waals surface area (Å²) in [5.41, 5.74) is 7.10. The van der Waals surface area contributed by atoms with Gasteiger partial charge in [0.15, 0.2) is 0 Å². The average molecular weight is 224 g/mol. The van der Waals surface area contributed by atoms with Crippen LogP contribution in [0.1, 0.15) is 22.3 Å². The van der Waals surface area contributed by atoms with Crippen LogP contribution in [0.3, 0.4) is 0 Å². The van der Waals surface area contributed by atoms with Crippen molar-refractivity contribution in [1.82, 2.24) is 5.32 Å². The molecule has 1 radical (unpaired) electrons. The zero-order chi connectivity index (χ0) is 12.4. The largest absolute Gasteiger partial charge is 0.249 e. The van der Waals surface area contributed by atoms with Gasteiger partial charge in [-0.15, -0.1) is 0 Å². The molecule has 0 aromatic heterocycles. The van der Waals surface area contributed by atoms with Crippen molar-refractivity contribution < 1.29 is 0 Å². The number of nitrogens with zero attached hydrogens (tertiary/aromatic N) is 1. The second-order valence-corrected chi connectivity index (χ2v) is 4.80. The van der Waals surface area contributed by atoms with Crippen LogP contribution in [0.25, 0.3) is 0 Å². The third kappa shape index (κ3) is 3.10. The Bertz CT molecular complexity index is 451. The van der Waals surface area contributed by atoms with E-state index in [1.165, 1.54) is 22.3 Å². The number of hydrogen-bond acceptors (Lipinski definition) is 0. The molecule has 2 aromatic carbocycles. The maximum atomic E-state index is 4.68. The lowest BCUT2D eigenvalue weighted by Crippen LogP contribution is -1.92. The van der Waals surface area contributed by atoms with E-state index in [2.05, 4.69) is 69.4 Å². The molecule has 2 aromatic rings. The van der Waals surface area contributed by atoms with E-state index in [-0.39, 0.29) is 0 Å². The van der Waals surface area contributed by atoms with Crippen LogP contribution in [0.2, 0.25) is 0 Å². The minimum atomic E-state index is 1.03. The highest BCUT2D eigenvalue weighted by atomic mass is 14.9. The van der Waals surface area contributed by atoms with Gasteiger partial charge in [0.1, 0.15) is 0 Å². The fraction of sp³-hybridized carbons (Fsp3) is 0.250. The molecule has 1 nitrogen and oxygen atoms in total. The van der Waals surface area contributed by atoms with Crippen LogP contribution in [0.15, 0.2) is 36.4 Å². The van der Waals surface area contributed by atoms with Crippen LogP contribution in [-0.2, 0) is 0 Å². The summed E-state index contributed by atoms with van der Waals surface area (Å²) in [5.74, 6) is 0. The summed E-state index contributed by atoms with van der Waals surface area (Å²) in [6.07, 6.45) is 0. The molecule has 0 aliphatic rings. The van der Waals surface area contributed by atoms with Gasteiger partial charge in [0, 0.05) is 0 Å². The van der Waals surface area contributed by atoms with E-state index in [1.54, 1.807) is 0 Å². The Morgan fingerprint density at radius 2 is 0.824 bits per heavy atom. The monoisotopic (exact) mass is 224 g/mol. The van der Waals surface area contributed by atoms with Gasteiger partial charge in [-0.05, 0) is 74.2 Å². The molecule has 0 atom stereocenters. The van der Waals surface area contributed by atoms with Crippen LogP contribution in [-0.4, -0.2) is 0 Å². The molecule has 17 heavy (non-hydrogen) atoms. The Balaban J connectivity index is 2.31. The second-order valence-electron chi connectivity index (χ2n) is 4.80. The van der Waals surface area contributed by atoms with Crippen molar-refractivity contribution in [1.29, 1.82) is 0 Å². The molecule has 0 bridgehead atoms. The Kier molecular flexibility index (Phi) is 3.19. The molecule has 0 fully saturated rings. The summed E-state index contributed by atoms with van der Waals surface area (Å²) in [6, 6.07) is 12.8. The van der Waals surface area contributed by atoms with Gasteiger partial charge in [-0.25, -0.2) is 5.32 Å². The molecule has 0 amide bonds. The topological polar surface area (TPSA) is 14.1 Å². The van der Waals surface area contributed by atoms with E-state index in [0.717, 1.165) is 11.4 Å². The van der Waals surface area contributed by atoms with Crippen molar-refractivity contribution >= 4 is 11.4 Å². The first-order chi connectivity index (χ1) is 8.02. The van der Waals surface area contributed by atoms with Gasteiger partial charge >= 0.3 is 0 Å². The van der Waals surface area contributed by atoms with E-state index in [0.29, 0.717) is 0 Å². The maximum absolute atomic E-state index is 4.68. The van der Waals surface area contributed by atoms with Crippen molar-refractivity contribution in [3.8, 4) is 0 Å². The first kappa shape index (κ1) is 11.7. The zero-order valence-electron chi connectivity index (χ0n) is 10.9. The smallest absolute Gasteiger partial charge is 0.0642 e. The van der Waals surface area contributed by atoms with Crippen molar-refractivity contribution in [2.24, 2.45) is 0 Å². The lowest BCUT2D eigenvalue weighted by molar-refractivity contribution is 1.15. The predicted molar refractivity (Wildman–Crippen MR) is 73.3 cm³/mol. The lowest BCUT2D eigenvalue weighted by Gasteiger charge is -2.07. The molecule has 0 N–H and O–H groups in total. The van der Waals surface area contributed by atoms with Crippen LogP contribution < -0.4 is 5.32 Å². The van der Waals surface area contributed by atoms with E-state index in [4.69, 9.17) is 0 Å². The third-order valence-electron chi connectivity index (χ3n) is 2.67. The molecule has 0 saturated carbocycles. The van der Waals surface area contributed by atoms with Gasteiger partial charge in [-0.1, -0.05) is 12.1 Å². The highest BCUT2D eigenvalue weighted by Crippen LogP contribution is 2.21. The number of aryl methyl sites for hydroxylation is 4. The van der Waals surface area contributed by atoms with Crippen molar-refractivity contribution in [2.45, 2.75) is 27.7 Å². The summed E-state index contributed by atoms with van der Waals surface area (Å²) in [6.45, 7) is 8.42. The number of rotatable bonds is 2. The molecule has 2 rings (SSSR count). The highest BCUT2D eigenvalue weighted by molar-refractivity contribution is 5.53. The Morgan fingerprint density at radius 1 is 0.529 bits per heavy atom. The van der Waals surface area contributed by atoms with Crippen molar-refractivity contribution in [2.75, 3.05) is 0 Å². The lowest BCUT2D eigenvalue weighted by atomic mass is 10.1. The van der Waals surface area contributed by atoms with Crippen molar-refractivity contribution in [3.63, 3.8) is 0 Å². The molecule has 87 valence electrons. The normalized spacial score (nSPS) is 10.4. The first-order valence-electron chi connectivity index (χ1n) is 5.91. The molecule has 0 unspecified atom stereocenters. The van der Waals surface area contributed by atoms with Gasteiger partial charge in [-0.2, -0.15) is 0 Å². The van der Waals surface area contributed by atoms with Crippen LogP contribution in [0.5, 0.6) is 0 Å². The summed E-state index contributed by atoms with van der Waals surface area (Å²) in [5, 5.41) is 4.68. The van der Waals surface area contributed by atoms with Gasteiger partial charge in [0.2, 0.25) is 0 Å². The molecular weight excluding hydrogens is 206 g/mol. The maximum Gasteiger partial charge on any atom is 0.0642 e. The molecule has 0 spiro atoms. The van der Waals surface area contributed by atoms with Crippen LogP contribution in [0, 0.1) is 27.7 Å². The second kappa shape index (κ2) is 4.62. The Labute approximate surface area is 103 Å². The summed E-state index contributed by atoms with van der Waals surface area (Å²) in [4.78, 5) is 0. The van der Waals surface area contributed by atoms with E-state index in [9.17, 15) is 0 Å². The van der Waals surface area contributed by atoms with Gasteiger partial charge in [0.05, 0.1) is 11.4 Å². The summed E-state index contributed by atoms with van der Waals surface area (Å²) >= 11 is 0. The van der Waals surface area contributed by atoms with Gasteiger partial charge in [0.25, 0.3) is 0 Å². The molecule has 0 aliphatic carbocycles. The molecule has 0 heterocycles. The van der Waals surface area contributed by atoms with Crippen LogP contribution >= 0.6 is 0 Å². The predicted octanol–water partition coefficient (Wildman–Crippen LogP) is 4.49. The molecule has 0 aliphatic heterocycles. The fourth-order valence-corrected chi connectivity index (χ4v) is 2.18. The van der Waals surface area contributed by atoms with Gasteiger partial charge < -0.3 is 0 Å². The quantitative estimate of drug-likeness (QED) is 0.713. The highest BCUT2D eigenvalue weighted by Gasteiger charge is 2.00. The third-order valence-corrected chi connectivity index (χ3v) is 2.67. The Morgan fingerprint density at radius 3 is 1.12 bits per heavy atom. The molecule has 0 saturated heterocycles. The number of benzene rings is 2. The van der Waals surface area contributed by atoms with E-state index in [1.807, 2.05) is 0 Å². The van der Waals surface area contributed by atoms with Crippen molar-refractivity contribution in [3.05, 3.63) is 58.7 Å². The summed E-state index contributed by atoms with van der Waals surface area (Å²) < 4.78 is 0. The van der Waals surface area contributed by atoms with E-state index < -0.39 is 0 Å². The number of hydrogen-bond donors (Lipinski definition) is 0. The first-order valence-corrected chi connectivity index (χ1v) is 5.91. The van der Waals surface area contributed by atoms with Gasteiger partial charge in [-0.3, -0.25) is 0 Å². The van der Waals surface area contributed by atoms with E-state index >= 15 is 0 Å². The minimum Gasteiger partial charge on any atom is -0.249 e. The SMILES string of the molecule is Cc1cc(C)cc([N]c2cc(C)cc(C)c2)c1. The molecular formula is C16H18N. The summed E-state index contributed by atoms with van der Waals surface area (Å²) in [7, 11) is 0. The average Bonchev–Trinajstić information content (AvgIpc) is 2.13.